The Morgan fingerprint density at radius 1 is 0.842 bits per heavy atom. The van der Waals surface area contributed by atoms with Crippen molar-refractivity contribution in [2.24, 2.45) is 0 Å². The van der Waals surface area contributed by atoms with E-state index in [9.17, 15) is 0 Å². The molecule has 0 saturated heterocycles. The summed E-state index contributed by atoms with van der Waals surface area (Å²) >= 11 is 0. The summed E-state index contributed by atoms with van der Waals surface area (Å²) in [5, 5.41) is 3.65. The summed E-state index contributed by atoms with van der Waals surface area (Å²) < 4.78 is 5.70. The first-order valence-corrected chi connectivity index (χ1v) is 6.29. The standard InChI is InChI=1S/C18H11O/c1-2-6-13(7-3-1)16-12-19-17-11-10-14-8-4-5-9-15(14)18(16)17/h2-12H. The van der Waals surface area contributed by atoms with Crippen LogP contribution in [0.4, 0.5) is 0 Å². The lowest BCUT2D eigenvalue weighted by atomic mass is 10.00. The maximum absolute atomic E-state index is 5.70. The summed E-state index contributed by atoms with van der Waals surface area (Å²) in [7, 11) is 0. The van der Waals surface area contributed by atoms with Gasteiger partial charge in [-0.05, 0) is 28.5 Å². The fourth-order valence-electron chi connectivity index (χ4n) is 2.59. The smallest absolute Gasteiger partial charge is 0.135 e. The van der Waals surface area contributed by atoms with Crippen LogP contribution in [0.2, 0.25) is 0 Å². The molecular weight excluding hydrogens is 232 g/mol. The van der Waals surface area contributed by atoms with Crippen molar-refractivity contribution in [1.29, 1.82) is 0 Å². The van der Waals surface area contributed by atoms with Gasteiger partial charge in [0.05, 0.1) is 6.26 Å². The van der Waals surface area contributed by atoms with Crippen LogP contribution in [0.1, 0.15) is 0 Å². The van der Waals surface area contributed by atoms with E-state index < -0.39 is 0 Å². The van der Waals surface area contributed by atoms with E-state index in [-0.39, 0.29) is 0 Å². The summed E-state index contributed by atoms with van der Waals surface area (Å²) in [5.74, 6) is 0. The van der Waals surface area contributed by atoms with Crippen LogP contribution in [0.5, 0.6) is 0 Å². The van der Waals surface area contributed by atoms with Crippen molar-refractivity contribution in [3.05, 3.63) is 73.0 Å². The molecule has 3 aromatic carbocycles. The van der Waals surface area contributed by atoms with Crippen molar-refractivity contribution in [1.82, 2.24) is 0 Å². The molecular formula is C18H11O. The van der Waals surface area contributed by atoms with Crippen LogP contribution in [0.15, 0.2) is 71.3 Å². The highest BCUT2D eigenvalue weighted by atomic mass is 16.3. The molecule has 1 radical (unpaired) electrons. The van der Waals surface area contributed by atoms with Crippen LogP contribution in [-0.2, 0) is 0 Å². The normalized spacial score (nSPS) is 11.2. The molecule has 0 spiro atoms. The van der Waals surface area contributed by atoms with E-state index in [2.05, 4.69) is 48.5 Å². The van der Waals surface area contributed by atoms with Crippen LogP contribution in [0, 0.1) is 6.07 Å². The van der Waals surface area contributed by atoms with E-state index in [0.717, 1.165) is 16.7 Å². The molecule has 0 unspecified atom stereocenters. The Morgan fingerprint density at radius 2 is 1.68 bits per heavy atom. The van der Waals surface area contributed by atoms with Gasteiger partial charge in [0.1, 0.15) is 5.58 Å². The van der Waals surface area contributed by atoms with Crippen LogP contribution >= 0.6 is 0 Å². The third-order valence-electron chi connectivity index (χ3n) is 3.49. The molecule has 0 fully saturated rings. The minimum absolute atomic E-state index is 0.932. The minimum atomic E-state index is 0.932. The molecule has 4 aromatic rings. The molecule has 89 valence electrons. The van der Waals surface area contributed by atoms with Crippen molar-refractivity contribution in [3.8, 4) is 11.1 Å². The summed E-state index contributed by atoms with van der Waals surface area (Å²) in [6, 6.07) is 23.6. The van der Waals surface area contributed by atoms with Gasteiger partial charge in [-0.1, -0.05) is 54.6 Å². The molecule has 0 saturated carbocycles. The fourth-order valence-corrected chi connectivity index (χ4v) is 2.59. The summed E-state index contributed by atoms with van der Waals surface area (Å²) in [6.07, 6.45) is 1.84. The maximum Gasteiger partial charge on any atom is 0.135 e. The van der Waals surface area contributed by atoms with Crippen molar-refractivity contribution in [3.63, 3.8) is 0 Å². The van der Waals surface area contributed by atoms with E-state index >= 15 is 0 Å². The van der Waals surface area contributed by atoms with E-state index in [4.69, 9.17) is 4.42 Å². The highest BCUT2D eigenvalue weighted by molar-refractivity contribution is 6.12. The van der Waals surface area contributed by atoms with Gasteiger partial charge >= 0.3 is 0 Å². The molecule has 1 nitrogen and oxygen atoms in total. The van der Waals surface area contributed by atoms with Gasteiger partial charge in [-0.15, -0.1) is 0 Å². The van der Waals surface area contributed by atoms with Gasteiger partial charge in [0.25, 0.3) is 0 Å². The monoisotopic (exact) mass is 243 g/mol. The number of hydrogen-bond donors (Lipinski definition) is 0. The summed E-state index contributed by atoms with van der Waals surface area (Å²) in [4.78, 5) is 0. The lowest BCUT2D eigenvalue weighted by Gasteiger charge is -2.02. The van der Waals surface area contributed by atoms with Gasteiger partial charge in [-0.3, -0.25) is 0 Å². The molecule has 1 heteroatoms. The molecule has 4 rings (SSSR count). The Hall–Kier alpha value is -2.54. The second kappa shape index (κ2) is 3.99. The van der Waals surface area contributed by atoms with E-state index in [0.29, 0.717) is 0 Å². The number of benzene rings is 3. The highest BCUT2D eigenvalue weighted by Crippen LogP contribution is 2.35. The van der Waals surface area contributed by atoms with Gasteiger partial charge in [-0.25, -0.2) is 0 Å². The highest BCUT2D eigenvalue weighted by Gasteiger charge is 2.10. The molecule has 0 bridgehead atoms. The molecule has 0 aliphatic rings. The third kappa shape index (κ3) is 1.55. The Bertz CT molecular complexity index is 857. The number of rotatable bonds is 1. The van der Waals surface area contributed by atoms with Crippen LogP contribution in [-0.4, -0.2) is 0 Å². The van der Waals surface area contributed by atoms with Gasteiger partial charge in [0.2, 0.25) is 0 Å². The van der Waals surface area contributed by atoms with Crippen LogP contribution < -0.4 is 0 Å². The molecule has 0 atom stereocenters. The van der Waals surface area contributed by atoms with Crippen molar-refractivity contribution < 1.29 is 4.42 Å². The molecule has 0 amide bonds. The van der Waals surface area contributed by atoms with E-state index in [1.807, 2.05) is 24.5 Å². The molecule has 0 N–H and O–H groups in total. The van der Waals surface area contributed by atoms with Gasteiger partial charge in [-0.2, -0.15) is 0 Å². The third-order valence-corrected chi connectivity index (χ3v) is 3.49. The first-order valence-electron chi connectivity index (χ1n) is 6.29. The lowest BCUT2D eigenvalue weighted by molar-refractivity contribution is 0.617. The van der Waals surface area contributed by atoms with Gasteiger partial charge in [0, 0.05) is 10.9 Å². The Kier molecular flexibility index (Phi) is 2.18. The van der Waals surface area contributed by atoms with Crippen molar-refractivity contribution >= 4 is 21.7 Å². The van der Waals surface area contributed by atoms with E-state index in [1.165, 1.54) is 16.2 Å². The Morgan fingerprint density at radius 3 is 2.58 bits per heavy atom. The molecule has 1 heterocycles. The van der Waals surface area contributed by atoms with Gasteiger partial charge in [0.15, 0.2) is 0 Å². The molecule has 19 heavy (non-hydrogen) atoms. The zero-order valence-corrected chi connectivity index (χ0v) is 10.3. The summed E-state index contributed by atoms with van der Waals surface area (Å²) in [5.41, 5.74) is 3.23. The fraction of sp³-hybridized carbons (Fsp3) is 0. The molecule has 1 aromatic heterocycles. The van der Waals surface area contributed by atoms with Crippen LogP contribution in [0.25, 0.3) is 32.9 Å². The van der Waals surface area contributed by atoms with E-state index in [1.54, 1.807) is 0 Å². The predicted molar refractivity (Wildman–Crippen MR) is 78.0 cm³/mol. The number of furan rings is 1. The number of hydrogen-bond acceptors (Lipinski definition) is 1. The quantitative estimate of drug-likeness (QED) is 0.455. The minimum Gasteiger partial charge on any atom is -0.464 e. The first-order chi connectivity index (χ1) is 9.43. The first kappa shape index (κ1) is 10.4. The SMILES string of the molecule is [c]1ccc(-c2coc3ccc4ccccc4c23)cc1. The van der Waals surface area contributed by atoms with Crippen molar-refractivity contribution in [2.75, 3.05) is 0 Å². The van der Waals surface area contributed by atoms with Crippen molar-refractivity contribution in [2.45, 2.75) is 0 Å². The Balaban J connectivity index is 2.15. The second-order valence-corrected chi connectivity index (χ2v) is 4.60. The Labute approximate surface area is 111 Å². The molecule has 0 aliphatic carbocycles. The predicted octanol–water partition coefficient (Wildman–Crippen LogP) is 5.05. The summed E-state index contributed by atoms with van der Waals surface area (Å²) in [6.45, 7) is 0. The molecule has 0 aliphatic heterocycles. The van der Waals surface area contributed by atoms with Gasteiger partial charge < -0.3 is 4.42 Å². The van der Waals surface area contributed by atoms with Crippen LogP contribution in [0.3, 0.4) is 0 Å². The average Bonchev–Trinajstić information content (AvgIpc) is 2.92. The second-order valence-electron chi connectivity index (χ2n) is 4.60. The lowest BCUT2D eigenvalue weighted by Crippen LogP contribution is -1.77. The number of fused-ring (bicyclic) bond motifs is 3. The largest absolute Gasteiger partial charge is 0.464 e. The zero-order valence-electron chi connectivity index (χ0n) is 10.3. The average molecular weight is 243 g/mol. The maximum atomic E-state index is 5.70. The zero-order chi connectivity index (χ0) is 12.7. The topological polar surface area (TPSA) is 13.1 Å².